The molecule has 0 saturated carbocycles. The molecule has 0 aromatic carbocycles. The van der Waals surface area contributed by atoms with Crippen molar-refractivity contribution in [3.63, 3.8) is 0 Å². The second kappa shape index (κ2) is 14.2. The van der Waals surface area contributed by atoms with Crippen molar-refractivity contribution in [3.05, 3.63) is 24.7 Å². The maximum Gasteiger partial charge on any atom is 0.331 e. The van der Waals surface area contributed by atoms with E-state index in [1.165, 1.54) is 12.5 Å². The van der Waals surface area contributed by atoms with Crippen LogP contribution in [0.3, 0.4) is 0 Å². The Morgan fingerprint density at radius 2 is 1.39 bits per heavy atom. The minimum atomic E-state index is -3.34. The molecule has 5 nitrogen and oxygen atoms in total. The standard InChI is InChI=1S/C15H27Cl2O5P/c1-4-7-19-12-14(10-16)21-23(18,9-6-3)22-15(11-17)13-20-8-5-2/h4-5,7-8,14-15H,6,9-13H2,1-3H3/b7-4+,8-5+. The number of rotatable bonds is 14. The lowest BCUT2D eigenvalue weighted by Crippen LogP contribution is -2.25. The van der Waals surface area contributed by atoms with Crippen molar-refractivity contribution in [1.29, 1.82) is 0 Å². The maximum absolute atomic E-state index is 12.9. The fourth-order valence-electron chi connectivity index (χ4n) is 1.58. The first-order valence-corrected chi connectivity index (χ1v) is 10.4. The Labute approximate surface area is 149 Å². The molecule has 136 valence electrons. The lowest BCUT2D eigenvalue weighted by Gasteiger charge is -2.26. The molecule has 2 atom stereocenters. The minimum Gasteiger partial charge on any atom is -0.499 e. The molecule has 0 aromatic heterocycles. The molecular formula is C15H27Cl2O5P. The number of hydrogen-bond donors (Lipinski definition) is 0. The Hall–Kier alpha value is -0.190. The largest absolute Gasteiger partial charge is 0.499 e. The third-order valence-electron chi connectivity index (χ3n) is 2.49. The van der Waals surface area contributed by atoms with E-state index >= 15 is 0 Å². The minimum absolute atomic E-state index is 0.148. The van der Waals surface area contributed by atoms with Crippen LogP contribution in [0.1, 0.15) is 27.2 Å². The van der Waals surface area contributed by atoms with Crippen LogP contribution in [-0.4, -0.2) is 43.3 Å². The van der Waals surface area contributed by atoms with Gasteiger partial charge in [-0.05, 0) is 20.3 Å². The fourth-order valence-corrected chi connectivity index (χ4v) is 4.05. The van der Waals surface area contributed by atoms with Crippen LogP contribution in [0, 0.1) is 0 Å². The van der Waals surface area contributed by atoms with Crippen LogP contribution in [-0.2, 0) is 23.1 Å². The molecule has 0 aliphatic carbocycles. The molecule has 0 bridgehead atoms. The van der Waals surface area contributed by atoms with Crippen molar-refractivity contribution in [2.45, 2.75) is 39.4 Å². The summed E-state index contributed by atoms with van der Waals surface area (Å²) in [6, 6.07) is 0. The van der Waals surface area contributed by atoms with E-state index in [9.17, 15) is 4.57 Å². The van der Waals surface area contributed by atoms with E-state index in [0.717, 1.165) is 0 Å². The first kappa shape index (κ1) is 22.8. The summed E-state index contributed by atoms with van der Waals surface area (Å²) in [7, 11) is -3.34. The first-order valence-electron chi connectivity index (χ1n) is 7.58. The van der Waals surface area contributed by atoms with Crippen LogP contribution in [0.15, 0.2) is 24.7 Å². The quantitative estimate of drug-likeness (QED) is 0.239. The number of halogens is 2. The number of allylic oxidation sites excluding steroid dienone is 2. The van der Waals surface area contributed by atoms with E-state index in [4.69, 9.17) is 41.7 Å². The average molecular weight is 389 g/mol. The number of alkyl halides is 2. The van der Waals surface area contributed by atoms with Crippen LogP contribution in [0.25, 0.3) is 0 Å². The summed E-state index contributed by atoms with van der Waals surface area (Å²) >= 11 is 11.7. The van der Waals surface area contributed by atoms with Gasteiger partial charge in [-0.2, -0.15) is 0 Å². The summed E-state index contributed by atoms with van der Waals surface area (Å²) in [6.07, 6.45) is 6.41. The zero-order valence-corrected chi connectivity index (χ0v) is 16.4. The van der Waals surface area contributed by atoms with Crippen molar-refractivity contribution < 1.29 is 23.1 Å². The Morgan fingerprint density at radius 3 is 1.70 bits per heavy atom. The molecule has 0 spiro atoms. The van der Waals surface area contributed by atoms with Gasteiger partial charge in [0.05, 0.1) is 24.3 Å². The molecule has 8 heteroatoms. The third kappa shape index (κ3) is 11.1. The van der Waals surface area contributed by atoms with Crippen molar-refractivity contribution in [1.82, 2.24) is 0 Å². The highest BCUT2D eigenvalue weighted by molar-refractivity contribution is 7.53. The van der Waals surface area contributed by atoms with Gasteiger partial charge in [-0.1, -0.05) is 19.1 Å². The Morgan fingerprint density at radius 1 is 0.957 bits per heavy atom. The summed E-state index contributed by atoms with van der Waals surface area (Å²) in [5.74, 6) is 0.296. The molecule has 0 amide bonds. The molecule has 0 rings (SSSR count). The summed E-state index contributed by atoms with van der Waals surface area (Å²) < 4.78 is 34.6. The number of ether oxygens (including phenoxy) is 2. The van der Waals surface area contributed by atoms with E-state index in [2.05, 4.69) is 0 Å². The molecule has 23 heavy (non-hydrogen) atoms. The first-order chi connectivity index (χ1) is 11.0. The Bertz CT molecular complexity index is 360. The molecule has 0 heterocycles. The molecule has 0 aliphatic rings. The monoisotopic (exact) mass is 388 g/mol. The Kier molecular flexibility index (Phi) is 14.1. The van der Waals surface area contributed by atoms with Crippen LogP contribution in [0.5, 0.6) is 0 Å². The van der Waals surface area contributed by atoms with Crippen molar-refractivity contribution in [2.24, 2.45) is 0 Å². The molecule has 0 fully saturated rings. The van der Waals surface area contributed by atoms with Crippen molar-refractivity contribution in [3.8, 4) is 0 Å². The van der Waals surface area contributed by atoms with Gasteiger partial charge in [0.1, 0.15) is 25.4 Å². The Balaban J connectivity index is 4.75. The third-order valence-corrected chi connectivity index (χ3v) is 5.41. The molecule has 0 aromatic rings. The van der Waals surface area contributed by atoms with E-state index in [-0.39, 0.29) is 31.1 Å². The van der Waals surface area contributed by atoms with Gasteiger partial charge in [-0.25, -0.2) is 0 Å². The van der Waals surface area contributed by atoms with Gasteiger partial charge in [0, 0.05) is 6.16 Å². The summed E-state index contributed by atoms with van der Waals surface area (Å²) in [6.45, 7) is 5.96. The zero-order valence-electron chi connectivity index (χ0n) is 14.0. The molecular weight excluding hydrogens is 362 g/mol. The van der Waals surface area contributed by atoms with Crippen molar-refractivity contribution in [2.75, 3.05) is 31.1 Å². The fraction of sp³-hybridized carbons (Fsp3) is 0.733. The van der Waals surface area contributed by atoms with E-state index in [1.807, 2.05) is 20.8 Å². The second-order valence-electron chi connectivity index (χ2n) is 4.70. The maximum atomic E-state index is 12.9. The van der Waals surface area contributed by atoms with Gasteiger partial charge in [-0.3, -0.25) is 4.57 Å². The highest BCUT2D eigenvalue weighted by Gasteiger charge is 2.31. The molecule has 0 saturated heterocycles. The van der Waals surface area contributed by atoms with E-state index < -0.39 is 19.8 Å². The SMILES string of the molecule is C/C=C/OCC(CCl)OP(=O)(CCC)OC(CCl)CO/C=C/C. The van der Waals surface area contributed by atoms with Crippen LogP contribution >= 0.6 is 30.8 Å². The second-order valence-corrected chi connectivity index (χ2v) is 7.41. The van der Waals surface area contributed by atoms with Gasteiger partial charge < -0.3 is 18.5 Å². The van der Waals surface area contributed by atoms with Crippen LogP contribution < -0.4 is 0 Å². The van der Waals surface area contributed by atoms with Gasteiger partial charge in [0.2, 0.25) is 0 Å². The predicted molar refractivity (Wildman–Crippen MR) is 95.5 cm³/mol. The molecule has 2 unspecified atom stereocenters. The summed E-state index contributed by atoms with van der Waals surface area (Å²) in [5, 5.41) is 0. The van der Waals surface area contributed by atoms with E-state index in [1.54, 1.807) is 12.2 Å². The smallest absolute Gasteiger partial charge is 0.331 e. The zero-order chi connectivity index (χ0) is 17.6. The van der Waals surface area contributed by atoms with Crippen molar-refractivity contribution >= 4 is 30.8 Å². The molecule has 0 aliphatic heterocycles. The summed E-state index contributed by atoms with van der Waals surface area (Å²) in [5.41, 5.74) is 0. The average Bonchev–Trinajstić information content (AvgIpc) is 2.53. The lowest BCUT2D eigenvalue weighted by molar-refractivity contribution is 0.0632. The highest BCUT2D eigenvalue weighted by Crippen LogP contribution is 2.51. The summed E-state index contributed by atoms with van der Waals surface area (Å²) in [4.78, 5) is 0. The number of hydrogen-bond acceptors (Lipinski definition) is 5. The van der Waals surface area contributed by atoms with Gasteiger partial charge in [0.15, 0.2) is 0 Å². The van der Waals surface area contributed by atoms with Gasteiger partial charge in [0.25, 0.3) is 0 Å². The van der Waals surface area contributed by atoms with Crippen LogP contribution in [0.4, 0.5) is 0 Å². The normalized spacial score (nSPS) is 17.3. The van der Waals surface area contributed by atoms with Crippen LogP contribution in [0.2, 0.25) is 0 Å². The topological polar surface area (TPSA) is 54.0 Å². The predicted octanol–water partition coefficient (Wildman–Crippen LogP) is 4.94. The van der Waals surface area contributed by atoms with E-state index in [0.29, 0.717) is 6.42 Å². The van der Waals surface area contributed by atoms with Gasteiger partial charge in [-0.15, -0.1) is 23.2 Å². The molecule has 0 radical (unpaired) electrons. The van der Waals surface area contributed by atoms with Gasteiger partial charge >= 0.3 is 7.60 Å². The highest BCUT2D eigenvalue weighted by atomic mass is 35.5. The lowest BCUT2D eigenvalue weighted by atomic mass is 10.4. The molecule has 0 N–H and O–H groups in total.